The standard InChI is InChI=1S/C22H37NO6/c1-5-16-15(4)22(14(3)13(2)19(16)26)29-10-8-6-7-9-23-11-18(25)21(28)20(27)17(23)12-24/h17-18,20-21,24-28H,5-12H2,1-4H3. The maximum atomic E-state index is 10.3. The molecule has 0 spiro atoms. The van der Waals surface area contributed by atoms with Crippen molar-refractivity contribution in [1.29, 1.82) is 0 Å². The fourth-order valence-electron chi connectivity index (χ4n) is 4.22. The number of phenols is 1. The number of β-amino-alcohol motifs (C(OH)–C–C–N with tert-alkyl or cyclic N) is 1. The normalized spacial score (nSPS) is 25.4. The monoisotopic (exact) mass is 411 g/mol. The number of hydrogen-bond acceptors (Lipinski definition) is 7. The number of aliphatic hydroxyl groups excluding tert-OH is 4. The molecule has 0 amide bonds. The van der Waals surface area contributed by atoms with Gasteiger partial charge in [0.15, 0.2) is 0 Å². The summed E-state index contributed by atoms with van der Waals surface area (Å²) in [7, 11) is 0. The van der Waals surface area contributed by atoms with Gasteiger partial charge in [-0.2, -0.15) is 0 Å². The van der Waals surface area contributed by atoms with Crippen LogP contribution in [0.5, 0.6) is 11.5 Å². The lowest BCUT2D eigenvalue weighted by Crippen LogP contribution is -2.62. The predicted molar refractivity (Wildman–Crippen MR) is 112 cm³/mol. The Bertz CT molecular complexity index is 680. The Morgan fingerprint density at radius 1 is 0.966 bits per heavy atom. The molecule has 29 heavy (non-hydrogen) atoms. The molecule has 1 aromatic rings. The molecule has 1 aromatic carbocycles. The summed E-state index contributed by atoms with van der Waals surface area (Å²) in [4.78, 5) is 1.84. The van der Waals surface area contributed by atoms with Crippen molar-refractivity contribution in [2.75, 3.05) is 26.3 Å². The van der Waals surface area contributed by atoms with Crippen LogP contribution < -0.4 is 4.74 Å². The lowest BCUT2D eigenvalue weighted by atomic mass is 9.94. The first-order chi connectivity index (χ1) is 13.7. The maximum Gasteiger partial charge on any atom is 0.125 e. The zero-order valence-electron chi connectivity index (χ0n) is 18.1. The Labute approximate surface area is 173 Å². The Morgan fingerprint density at radius 3 is 2.28 bits per heavy atom. The summed E-state index contributed by atoms with van der Waals surface area (Å²) >= 11 is 0. The first-order valence-corrected chi connectivity index (χ1v) is 10.6. The molecule has 2 rings (SSSR count). The number of piperidine rings is 1. The van der Waals surface area contributed by atoms with Gasteiger partial charge in [0.25, 0.3) is 0 Å². The van der Waals surface area contributed by atoms with E-state index >= 15 is 0 Å². The smallest absolute Gasteiger partial charge is 0.125 e. The molecule has 5 N–H and O–H groups in total. The van der Waals surface area contributed by atoms with Crippen molar-refractivity contribution in [3.63, 3.8) is 0 Å². The van der Waals surface area contributed by atoms with Gasteiger partial charge in [-0.05, 0) is 69.7 Å². The van der Waals surface area contributed by atoms with Gasteiger partial charge in [0, 0.05) is 12.1 Å². The number of benzene rings is 1. The zero-order chi connectivity index (χ0) is 21.7. The summed E-state index contributed by atoms with van der Waals surface area (Å²) in [5.74, 6) is 1.22. The zero-order valence-corrected chi connectivity index (χ0v) is 18.1. The fourth-order valence-corrected chi connectivity index (χ4v) is 4.22. The average molecular weight is 412 g/mol. The predicted octanol–water partition coefficient (Wildman–Crippen LogP) is 1.19. The number of ether oxygens (including phenoxy) is 1. The number of unbranched alkanes of at least 4 members (excludes halogenated alkanes) is 2. The molecule has 0 aliphatic carbocycles. The molecule has 1 fully saturated rings. The minimum atomic E-state index is -1.22. The third-order valence-electron chi connectivity index (χ3n) is 6.24. The Hall–Kier alpha value is -1.38. The van der Waals surface area contributed by atoms with Crippen LogP contribution in [0.1, 0.15) is 48.4 Å². The lowest BCUT2D eigenvalue weighted by Gasteiger charge is -2.43. The Morgan fingerprint density at radius 2 is 1.66 bits per heavy atom. The van der Waals surface area contributed by atoms with Crippen LogP contribution in [0.25, 0.3) is 0 Å². The second-order valence-corrected chi connectivity index (χ2v) is 8.09. The summed E-state index contributed by atoms with van der Waals surface area (Å²) < 4.78 is 6.05. The highest BCUT2D eigenvalue weighted by Gasteiger charge is 2.40. The van der Waals surface area contributed by atoms with Crippen LogP contribution in [0, 0.1) is 20.8 Å². The van der Waals surface area contributed by atoms with E-state index in [0.29, 0.717) is 18.9 Å². The first kappa shape index (κ1) is 23.9. The summed E-state index contributed by atoms with van der Waals surface area (Å²) in [6.07, 6.45) is -0.0303. The second kappa shape index (κ2) is 10.6. The van der Waals surface area contributed by atoms with E-state index in [1.807, 2.05) is 32.6 Å². The SMILES string of the molecule is CCc1c(C)c(OCCCCCN2CC(O)C(O)C(O)C2CO)c(C)c(C)c1O. The van der Waals surface area contributed by atoms with Crippen molar-refractivity contribution >= 4 is 0 Å². The number of aromatic hydroxyl groups is 1. The lowest BCUT2D eigenvalue weighted by molar-refractivity contribution is -0.145. The van der Waals surface area contributed by atoms with Crippen molar-refractivity contribution in [3.8, 4) is 11.5 Å². The molecule has 0 saturated carbocycles. The summed E-state index contributed by atoms with van der Waals surface area (Å²) in [5.41, 5.74) is 3.76. The number of nitrogens with zero attached hydrogens (tertiary/aromatic N) is 1. The quantitative estimate of drug-likeness (QED) is 0.388. The van der Waals surface area contributed by atoms with E-state index in [9.17, 15) is 25.5 Å². The van der Waals surface area contributed by atoms with Crippen LogP contribution in [-0.2, 0) is 6.42 Å². The van der Waals surface area contributed by atoms with E-state index in [0.717, 1.165) is 53.7 Å². The van der Waals surface area contributed by atoms with E-state index in [1.54, 1.807) is 0 Å². The first-order valence-electron chi connectivity index (χ1n) is 10.6. The molecule has 1 heterocycles. The van der Waals surface area contributed by atoms with Gasteiger partial charge in [-0.15, -0.1) is 0 Å². The highest BCUT2D eigenvalue weighted by atomic mass is 16.5. The summed E-state index contributed by atoms with van der Waals surface area (Å²) in [5, 5.41) is 49.5. The van der Waals surface area contributed by atoms with Gasteiger partial charge in [-0.1, -0.05) is 6.92 Å². The molecule has 166 valence electrons. The highest BCUT2D eigenvalue weighted by molar-refractivity contribution is 5.57. The molecule has 1 saturated heterocycles. The van der Waals surface area contributed by atoms with Crippen LogP contribution in [-0.4, -0.2) is 81.1 Å². The molecule has 4 unspecified atom stereocenters. The van der Waals surface area contributed by atoms with E-state index in [-0.39, 0.29) is 13.2 Å². The van der Waals surface area contributed by atoms with Gasteiger partial charge in [-0.3, -0.25) is 4.90 Å². The third kappa shape index (κ3) is 5.22. The number of likely N-dealkylation sites (tertiary alicyclic amines) is 1. The molecule has 0 aromatic heterocycles. The van der Waals surface area contributed by atoms with Crippen LogP contribution in [0.4, 0.5) is 0 Å². The van der Waals surface area contributed by atoms with Gasteiger partial charge in [0.2, 0.25) is 0 Å². The van der Waals surface area contributed by atoms with Gasteiger partial charge in [0.05, 0.1) is 25.4 Å². The van der Waals surface area contributed by atoms with Crippen molar-refractivity contribution < 1.29 is 30.3 Å². The van der Waals surface area contributed by atoms with Gasteiger partial charge in [-0.25, -0.2) is 0 Å². The molecule has 7 heteroatoms. The maximum absolute atomic E-state index is 10.3. The third-order valence-corrected chi connectivity index (χ3v) is 6.24. The van der Waals surface area contributed by atoms with Crippen molar-refractivity contribution in [1.82, 2.24) is 4.90 Å². The highest BCUT2D eigenvalue weighted by Crippen LogP contribution is 2.37. The molecule has 7 nitrogen and oxygen atoms in total. The Kier molecular flexibility index (Phi) is 8.73. The summed E-state index contributed by atoms with van der Waals surface area (Å²) in [6.45, 7) is 9.06. The fraction of sp³-hybridized carbons (Fsp3) is 0.727. The average Bonchev–Trinajstić information content (AvgIpc) is 2.70. The van der Waals surface area contributed by atoms with E-state index in [4.69, 9.17) is 4.74 Å². The largest absolute Gasteiger partial charge is 0.507 e. The van der Waals surface area contributed by atoms with Crippen LogP contribution >= 0.6 is 0 Å². The van der Waals surface area contributed by atoms with Crippen LogP contribution in [0.3, 0.4) is 0 Å². The molecular weight excluding hydrogens is 374 g/mol. The number of phenolic OH excluding ortho intramolecular Hbond substituents is 1. The van der Waals surface area contributed by atoms with Crippen molar-refractivity contribution in [3.05, 3.63) is 22.3 Å². The van der Waals surface area contributed by atoms with Crippen molar-refractivity contribution in [2.45, 2.75) is 77.7 Å². The van der Waals surface area contributed by atoms with Crippen molar-refractivity contribution in [2.24, 2.45) is 0 Å². The van der Waals surface area contributed by atoms with Crippen LogP contribution in [0.2, 0.25) is 0 Å². The minimum absolute atomic E-state index is 0.241. The number of rotatable bonds is 9. The molecular formula is C22H37NO6. The molecule has 1 aliphatic rings. The molecule has 1 aliphatic heterocycles. The molecule has 4 atom stereocenters. The molecule has 0 radical (unpaired) electrons. The molecule has 0 bridgehead atoms. The van der Waals surface area contributed by atoms with E-state index in [2.05, 4.69) is 0 Å². The second-order valence-electron chi connectivity index (χ2n) is 8.09. The number of hydrogen-bond donors (Lipinski definition) is 5. The van der Waals surface area contributed by atoms with Crippen LogP contribution in [0.15, 0.2) is 0 Å². The topological polar surface area (TPSA) is 114 Å². The van der Waals surface area contributed by atoms with Gasteiger partial charge in [0.1, 0.15) is 23.7 Å². The summed E-state index contributed by atoms with van der Waals surface area (Å²) in [6, 6.07) is -0.553. The number of aliphatic hydroxyl groups is 4. The minimum Gasteiger partial charge on any atom is -0.507 e. The van der Waals surface area contributed by atoms with E-state index in [1.165, 1.54) is 0 Å². The Balaban J connectivity index is 1.83. The van der Waals surface area contributed by atoms with Gasteiger partial charge < -0.3 is 30.3 Å². The van der Waals surface area contributed by atoms with Gasteiger partial charge >= 0.3 is 0 Å². The van der Waals surface area contributed by atoms with E-state index < -0.39 is 24.4 Å².